The van der Waals surface area contributed by atoms with Gasteiger partial charge in [0.1, 0.15) is 5.75 Å². The van der Waals surface area contributed by atoms with E-state index in [4.69, 9.17) is 5.73 Å². The zero-order chi connectivity index (χ0) is 14.5. The van der Waals surface area contributed by atoms with Gasteiger partial charge in [0.2, 0.25) is 0 Å². The van der Waals surface area contributed by atoms with Crippen molar-refractivity contribution in [3.63, 3.8) is 0 Å². The van der Waals surface area contributed by atoms with Gasteiger partial charge in [0, 0.05) is 36.4 Å². The van der Waals surface area contributed by atoms with Crippen molar-refractivity contribution in [1.29, 1.82) is 0 Å². The standard InChI is InChI=1S/C17H28N2O.ClH/c1-3-19(4-2)14-10-11-15(16(20)12-14)17(18)13-8-6-5-7-9-13;/h10-13,17,20H,3-9,18H2,1-2H3;1H/t17-;/m0./s1. The van der Waals surface area contributed by atoms with E-state index in [1.807, 2.05) is 12.1 Å². The molecule has 4 heteroatoms. The first-order chi connectivity index (χ1) is 9.67. The molecule has 0 aromatic heterocycles. The summed E-state index contributed by atoms with van der Waals surface area (Å²) >= 11 is 0. The molecule has 1 aromatic carbocycles. The third kappa shape index (κ3) is 4.27. The number of phenols is 1. The monoisotopic (exact) mass is 312 g/mol. The lowest BCUT2D eigenvalue weighted by Gasteiger charge is -2.29. The van der Waals surface area contributed by atoms with Crippen LogP contribution in [0.4, 0.5) is 5.69 Å². The van der Waals surface area contributed by atoms with E-state index < -0.39 is 0 Å². The zero-order valence-corrected chi connectivity index (χ0v) is 14.0. The van der Waals surface area contributed by atoms with Crippen molar-refractivity contribution in [2.45, 2.75) is 52.0 Å². The number of aromatic hydroxyl groups is 1. The van der Waals surface area contributed by atoms with Crippen LogP contribution in [-0.2, 0) is 0 Å². The molecule has 1 saturated carbocycles. The van der Waals surface area contributed by atoms with E-state index in [1.165, 1.54) is 32.1 Å². The number of phenolic OH excluding ortho intramolecular Hbond substituents is 1. The second-order valence-electron chi connectivity index (χ2n) is 5.84. The van der Waals surface area contributed by atoms with Gasteiger partial charge in [-0.15, -0.1) is 12.4 Å². The molecule has 21 heavy (non-hydrogen) atoms. The molecule has 0 heterocycles. The maximum Gasteiger partial charge on any atom is 0.122 e. The summed E-state index contributed by atoms with van der Waals surface area (Å²) in [5, 5.41) is 10.3. The molecule has 0 aliphatic heterocycles. The van der Waals surface area contributed by atoms with E-state index in [2.05, 4.69) is 24.8 Å². The first-order valence-corrected chi connectivity index (χ1v) is 8.00. The van der Waals surface area contributed by atoms with Crippen molar-refractivity contribution >= 4 is 18.1 Å². The number of anilines is 1. The van der Waals surface area contributed by atoms with Gasteiger partial charge in [-0.1, -0.05) is 25.3 Å². The molecule has 120 valence electrons. The summed E-state index contributed by atoms with van der Waals surface area (Å²) in [5.41, 5.74) is 8.37. The first-order valence-electron chi connectivity index (χ1n) is 8.00. The molecule has 2 rings (SSSR count). The van der Waals surface area contributed by atoms with Crippen LogP contribution in [0.3, 0.4) is 0 Å². The number of nitrogens with two attached hydrogens (primary N) is 1. The van der Waals surface area contributed by atoms with Gasteiger partial charge >= 0.3 is 0 Å². The summed E-state index contributed by atoms with van der Waals surface area (Å²) in [5.74, 6) is 0.876. The molecule has 0 amide bonds. The largest absolute Gasteiger partial charge is 0.508 e. The molecule has 1 atom stereocenters. The predicted molar refractivity (Wildman–Crippen MR) is 92.4 cm³/mol. The Morgan fingerprint density at radius 1 is 1.19 bits per heavy atom. The molecule has 0 radical (unpaired) electrons. The summed E-state index contributed by atoms with van der Waals surface area (Å²) in [6, 6.07) is 5.94. The molecule has 1 aromatic rings. The summed E-state index contributed by atoms with van der Waals surface area (Å²) in [4.78, 5) is 2.23. The van der Waals surface area contributed by atoms with Crippen LogP contribution in [0.5, 0.6) is 5.75 Å². The number of hydrogen-bond acceptors (Lipinski definition) is 3. The van der Waals surface area contributed by atoms with Crippen LogP contribution in [0, 0.1) is 5.92 Å². The highest BCUT2D eigenvalue weighted by atomic mass is 35.5. The van der Waals surface area contributed by atoms with E-state index in [0.29, 0.717) is 11.7 Å². The summed E-state index contributed by atoms with van der Waals surface area (Å²) in [6.07, 6.45) is 6.26. The van der Waals surface area contributed by atoms with Crippen molar-refractivity contribution < 1.29 is 5.11 Å². The van der Waals surface area contributed by atoms with Gasteiger partial charge in [0.25, 0.3) is 0 Å². The number of rotatable bonds is 5. The molecule has 0 saturated heterocycles. The van der Waals surface area contributed by atoms with Crippen molar-refractivity contribution in [3.8, 4) is 5.75 Å². The minimum absolute atomic E-state index is 0. The van der Waals surface area contributed by atoms with E-state index in [1.54, 1.807) is 0 Å². The van der Waals surface area contributed by atoms with Gasteiger partial charge in [-0.2, -0.15) is 0 Å². The average Bonchev–Trinajstić information content (AvgIpc) is 2.49. The normalized spacial score (nSPS) is 17.1. The molecule has 0 spiro atoms. The number of benzene rings is 1. The summed E-state index contributed by atoms with van der Waals surface area (Å²) < 4.78 is 0. The third-order valence-electron chi connectivity index (χ3n) is 4.66. The van der Waals surface area contributed by atoms with Gasteiger partial charge < -0.3 is 15.7 Å². The lowest BCUT2D eigenvalue weighted by Crippen LogP contribution is -2.24. The Balaban J connectivity index is 0.00000220. The van der Waals surface area contributed by atoms with E-state index in [9.17, 15) is 5.11 Å². The van der Waals surface area contributed by atoms with Gasteiger partial charge in [-0.3, -0.25) is 0 Å². The SMILES string of the molecule is CCN(CC)c1ccc([C@@H](N)C2CCCCC2)c(O)c1.Cl. The molecular formula is C17H29ClN2O. The smallest absolute Gasteiger partial charge is 0.122 e. The second kappa shape index (κ2) is 8.50. The van der Waals surface area contributed by atoms with Crippen molar-refractivity contribution in [3.05, 3.63) is 23.8 Å². The Morgan fingerprint density at radius 2 is 1.81 bits per heavy atom. The molecule has 1 aliphatic rings. The van der Waals surface area contributed by atoms with E-state index in [-0.39, 0.29) is 18.4 Å². The fourth-order valence-corrected chi connectivity index (χ4v) is 3.35. The molecule has 1 fully saturated rings. The number of hydrogen-bond donors (Lipinski definition) is 2. The van der Waals surface area contributed by atoms with Crippen LogP contribution in [0.2, 0.25) is 0 Å². The maximum absolute atomic E-state index is 10.3. The third-order valence-corrected chi connectivity index (χ3v) is 4.66. The topological polar surface area (TPSA) is 49.5 Å². The van der Waals surface area contributed by atoms with Crippen LogP contribution in [0.25, 0.3) is 0 Å². The van der Waals surface area contributed by atoms with Gasteiger partial charge in [0.05, 0.1) is 0 Å². The Bertz CT molecular complexity index is 429. The predicted octanol–water partition coefficient (Wildman–Crippen LogP) is 4.24. The lowest BCUT2D eigenvalue weighted by molar-refractivity contribution is 0.303. The molecule has 3 nitrogen and oxygen atoms in total. The Kier molecular flexibility index (Phi) is 7.33. The summed E-state index contributed by atoms with van der Waals surface area (Å²) in [7, 11) is 0. The van der Waals surface area contributed by atoms with E-state index in [0.717, 1.165) is 24.3 Å². The number of nitrogens with zero attached hydrogens (tertiary/aromatic N) is 1. The molecular weight excluding hydrogens is 284 g/mol. The molecule has 1 aliphatic carbocycles. The average molecular weight is 313 g/mol. The fraction of sp³-hybridized carbons (Fsp3) is 0.647. The van der Waals surface area contributed by atoms with Crippen molar-refractivity contribution in [2.75, 3.05) is 18.0 Å². The van der Waals surface area contributed by atoms with Gasteiger partial charge in [0.15, 0.2) is 0 Å². The maximum atomic E-state index is 10.3. The van der Waals surface area contributed by atoms with Crippen LogP contribution in [-0.4, -0.2) is 18.2 Å². The zero-order valence-electron chi connectivity index (χ0n) is 13.2. The quantitative estimate of drug-likeness (QED) is 0.855. The highest BCUT2D eigenvalue weighted by Gasteiger charge is 2.24. The van der Waals surface area contributed by atoms with Crippen molar-refractivity contribution in [2.24, 2.45) is 11.7 Å². The number of halogens is 1. The first kappa shape index (κ1) is 18.1. The van der Waals surface area contributed by atoms with Gasteiger partial charge in [-0.05, 0) is 38.7 Å². The van der Waals surface area contributed by atoms with Crippen LogP contribution < -0.4 is 10.6 Å². The highest BCUT2D eigenvalue weighted by Crippen LogP contribution is 2.37. The van der Waals surface area contributed by atoms with Gasteiger partial charge in [-0.25, -0.2) is 0 Å². The summed E-state index contributed by atoms with van der Waals surface area (Å²) in [6.45, 7) is 6.15. The Labute approximate surface area is 134 Å². The Morgan fingerprint density at radius 3 is 2.33 bits per heavy atom. The molecule has 0 unspecified atom stereocenters. The Hall–Kier alpha value is -0.930. The van der Waals surface area contributed by atoms with Crippen LogP contribution >= 0.6 is 12.4 Å². The fourth-order valence-electron chi connectivity index (χ4n) is 3.35. The highest BCUT2D eigenvalue weighted by molar-refractivity contribution is 5.85. The lowest BCUT2D eigenvalue weighted by atomic mass is 9.81. The van der Waals surface area contributed by atoms with Crippen LogP contribution in [0.1, 0.15) is 57.6 Å². The minimum Gasteiger partial charge on any atom is -0.508 e. The molecule has 3 N–H and O–H groups in total. The van der Waals surface area contributed by atoms with Crippen molar-refractivity contribution in [1.82, 2.24) is 0 Å². The molecule has 0 bridgehead atoms. The minimum atomic E-state index is -0.0268. The van der Waals surface area contributed by atoms with Crippen LogP contribution in [0.15, 0.2) is 18.2 Å². The van der Waals surface area contributed by atoms with E-state index >= 15 is 0 Å². The second-order valence-corrected chi connectivity index (χ2v) is 5.84.